The Bertz CT molecular complexity index is 448. The summed E-state index contributed by atoms with van der Waals surface area (Å²) in [5, 5.41) is 2.70. The van der Waals surface area contributed by atoms with E-state index < -0.39 is 11.6 Å². The SMILES string of the molecule is CCCNc1c(F)cc(C(=O)N(CCC)CCC)cc1F. The third-order valence-electron chi connectivity index (χ3n) is 3.12. The molecule has 1 aromatic rings. The molecule has 1 N–H and O–H groups in total. The van der Waals surface area contributed by atoms with Crippen LogP contribution < -0.4 is 5.32 Å². The molecule has 118 valence electrons. The van der Waals surface area contributed by atoms with Crippen LogP contribution in [0.3, 0.4) is 0 Å². The van der Waals surface area contributed by atoms with Crippen molar-refractivity contribution in [3.63, 3.8) is 0 Å². The molecule has 0 fully saturated rings. The third kappa shape index (κ3) is 4.69. The fourth-order valence-electron chi connectivity index (χ4n) is 2.15. The number of benzene rings is 1. The van der Waals surface area contributed by atoms with Crippen LogP contribution in [0.4, 0.5) is 14.5 Å². The normalized spacial score (nSPS) is 10.5. The summed E-state index contributed by atoms with van der Waals surface area (Å²) in [6.45, 7) is 7.51. The monoisotopic (exact) mass is 298 g/mol. The standard InChI is InChI=1S/C16H24F2N2O/c1-4-7-19-15-13(17)10-12(11-14(15)18)16(21)20(8-5-2)9-6-3/h10-11,19H,4-9H2,1-3H3. The topological polar surface area (TPSA) is 32.3 Å². The molecule has 21 heavy (non-hydrogen) atoms. The maximum Gasteiger partial charge on any atom is 0.254 e. The number of nitrogens with one attached hydrogen (secondary N) is 1. The number of rotatable bonds is 8. The van der Waals surface area contributed by atoms with Gasteiger partial charge < -0.3 is 10.2 Å². The fraction of sp³-hybridized carbons (Fsp3) is 0.562. The van der Waals surface area contributed by atoms with E-state index in [4.69, 9.17) is 0 Å². The Morgan fingerprint density at radius 1 is 1.05 bits per heavy atom. The van der Waals surface area contributed by atoms with E-state index in [0.29, 0.717) is 19.6 Å². The lowest BCUT2D eigenvalue weighted by atomic mass is 10.1. The van der Waals surface area contributed by atoms with Crippen molar-refractivity contribution in [3.05, 3.63) is 29.3 Å². The van der Waals surface area contributed by atoms with Gasteiger partial charge in [-0.2, -0.15) is 0 Å². The van der Waals surface area contributed by atoms with Gasteiger partial charge >= 0.3 is 0 Å². The molecular formula is C16H24F2N2O. The second-order valence-corrected chi connectivity index (χ2v) is 5.03. The van der Waals surface area contributed by atoms with Crippen molar-refractivity contribution >= 4 is 11.6 Å². The Kier molecular flexibility index (Phi) is 7.12. The second-order valence-electron chi connectivity index (χ2n) is 5.03. The molecule has 1 rings (SSSR count). The van der Waals surface area contributed by atoms with Gasteiger partial charge in [-0.15, -0.1) is 0 Å². The molecule has 0 aliphatic rings. The highest BCUT2D eigenvalue weighted by molar-refractivity contribution is 5.94. The van der Waals surface area contributed by atoms with Crippen LogP contribution in [-0.4, -0.2) is 30.4 Å². The van der Waals surface area contributed by atoms with E-state index in [1.54, 1.807) is 4.90 Å². The fourth-order valence-corrected chi connectivity index (χ4v) is 2.15. The maximum absolute atomic E-state index is 14.0. The van der Waals surface area contributed by atoms with Crippen molar-refractivity contribution in [3.8, 4) is 0 Å². The zero-order valence-electron chi connectivity index (χ0n) is 13.0. The molecule has 0 unspecified atom stereocenters. The number of hydrogen-bond donors (Lipinski definition) is 1. The molecule has 0 aromatic heterocycles. The molecule has 1 amide bonds. The van der Waals surface area contributed by atoms with Gasteiger partial charge in [-0.1, -0.05) is 20.8 Å². The number of carbonyl (C=O) groups excluding carboxylic acids is 1. The predicted molar refractivity (Wildman–Crippen MR) is 81.6 cm³/mol. The number of amides is 1. The van der Waals surface area contributed by atoms with Crippen LogP contribution in [0.1, 0.15) is 50.4 Å². The molecule has 0 radical (unpaired) electrons. The Hall–Kier alpha value is -1.65. The number of halogens is 2. The summed E-state index contributed by atoms with van der Waals surface area (Å²) in [6, 6.07) is 2.23. The van der Waals surface area contributed by atoms with Crippen LogP contribution in [0.15, 0.2) is 12.1 Å². The quantitative estimate of drug-likeness (QED) is 0.785. The molecule has 0 heterocycles. The molecule has 5 heteroatoms. The van der Waals surface area contributed by atoms with Crippen molar-refractivity contribution in [2.24, 2.45) is 0 Å². The first-order chi connectivity index (χ1) is 10.0. The van der Waals surface area contributed by atoms with Gasteiger partial charge in [0, 0.05) is 25.2 Å². The minimum atomic E-state index is -0.722. The number of carbonyl (C=O) groups is 1. The lowest BCUT2D eigenvalue weighted by molar-refractivity contribution is 0.0754. The van der Waals surface area contributed by atoms with E-state index in [0.717, 1.165) is 31.4 Å². The van der Waals surface area contributed by atoms with Crippen molar-refractivity contribution < 1.29 is 13.6 Å². The molecular weight excluding hydrogens is 274 g/mol. The molecule has 0 saturated heterocycles. The smallest absolute Gasteiger partial charge is 0.254 e. The van der Waals surface area contributed by atoms with E-state index in [-0.39, 0.29) is 17.2 Å². The Morgan fingerprint density at radius 2 is 1.57 bits per heavy atom. The van der Waals surface area contributed by atoms with Crippen molar-refractivity contribution in [1.82, 2.24) is 4.90 Å². The molecule has 0 saturated carbocycles. The highest BCUT2D eigenvalue weighted by atomic mass is 19.1. The summed E-state index contributed by atoms with van der Waals surface area (Å²) >= 11 is 0. The van der Waals surface area contributed by atoms with Gasteiger partial charge in [0.15, 0.2) is 0 Å². The summed E-state index contributed by atoms with van der Waals surface area (Å²) in [5.41, 5.74) is -0.0973. The maximum atomic E-state index is 14.0. The number of anilines is 1. The summed E-state index contributed by atoms with van der Waals surface area (Å²) < 4.78 is 27.9. The summed E-state index contributed by atoms with van der Waals surface area (Å²) in [4.78, 5) is 14.0. The van der Waals surface area contributed by atoms with Crippen LogP contribution in [0.2, 0.25) is 0 Å². The average molecular weight is 298 g/mol. The summed E-state index contributed by atoms with van der Waals surface area (Å²) in [5.74, 6) is -1.77. The van der Waals surface area contributed by atoms with Crippen molar-refractivity contribution in [2.45, 2.75) is 40.0 Å². The van der Waals surface area contributed by atoms with Gasteiger partial charge in [0.05, 0.1) is 0 Å². The Balaban J connectivity index is 2.99. The first kappa shape index (κ1) is 17.4. The molecule has 0 aliphatic heterocycles. The minimum absolute atomic E-state index is 0.0638. The zero-order valence-corrected chi connectivity index (χ0v) is 13.0. The van der Waals surface area contributed by atoms with Crippen LogP contribution in [0, 0.1) is 11.6 Å². The highest BCUT2D eigenvalue weighted by Crippen LogP contribution is 2.22. The highest BCUT2D eigenvalue weighted by Gasteiger charge is 2.19. The predicted octanol–water partition coefficient (Wildman–Crippen LogP) is 4.05. The lowest BCUT2D eigenvalue weighted by Gasteiger charge is -2.22. The first-order valence-corrected chi connectivity index (χ1v) is 7.57. The second kappa shape index (κ2) is 8.60. The summed E-state index contributed by atoms with van der Waals surface area (Å²) in [7, 11) is 0. The van der Waals surface area contributed by atoms with Crippen molar-refractivity contribution in [2.75, 3.05) is 25.0 Å². The third-order valence-corrected chi connectivity index (χ3v) is 3.12. The molecule has 0 atom stereocenters. The summed E-state index contributed by atoms with van der Waals surface area (Å²) in [6.07, 6.45) is 2.39. The van der Waals surface area contributed by atoms with Crippen molar-refractivity contribution in [1.29, 1.82) is 0 Å². The van der Waals surface area contributed by atoms with Crippen LogP contribution in [-0.2, 0) is 0 Å². The number of nitrogens with zero attached hydrogens (tertiary/aromatic N) is 1. The number of hydrogen-bond acceptors (Lipinski definition) is 2. The van der Waals surface area contributed by atoms with E-state index in [9.17, 15) is 13.6 Å². The average Bonchev–Trinajstić information content (AvgIpc) is 2.45. The molecule has 3 nitrogen and oxygen atoms in total. The van der Waals surface area contributed by atoms with E-state index in [1.165, 1.54) is 0 Å². The molecule has 0 bridgehead atoms. The first-order valence-electron chi connectivity index (χ1n) is 7.57. The van der Waals surface area contributed by atoms with Crippen LogP contribution >= 0.6 is 0 Å². The minimum Gasteiger partial charge on any atom is -0.380 e. The van der Waals surface area contributed by atoms with E-state index >= 15 is 0 Å². The molecule has 0 aliphatic carbocycles. The van der Waals surface area contributed by atoms with Crippen LogP contribution in [0.5, 0.6) is 0 Å². The Labute approximate surface area is 125 Å². The Morgan fingerprint density at radius 3 is 2.00 bits per heavy atom. The van der Waals surface area contributed by atoms with Gasteiger partial charge in [0.25, 0.3) is 5.91 Å². The van der Waals surface area contributed by atoms with Gasteiger partial charge in [-0.25, -0.2) is 8.78 Å². The lowest BCUT2D eigenvalue weighted by Crippen LogP contribution is -2.32. The van der Waals surface area contributed by atoms with E-state index in [2.05, 4.69) is 5.32 Å². The largest absolute Gasteiger partial charge is 0.380 e. The van der Waals surface area contributed by atoms with Gasteiger partial charge in [0.2, 0.25) is 0 Å². The van der Waals surface area contributed by atoms with Gasteiger partial charge in [0.1, 0.15) is 17.3 Å². The molecule has 1 aromatic carbocycles. The van der Waals surface area contributed by atoms with Gasteiger partial charge in [-0.3, -0.25) is 4.79 Å². The molecule has 0 spiro atoms. The van der Waals surface area contributed by atoms with E-state index in [1.807, 2.05) is 20.8 Å². The van der Waals surface area contributed by atoms with Crippen LogP contribution in [0.25, 0.3) is 0 Å². The zero-order chi connectivity index (χ0) is 15.8. The van der Waals surface area contributed by atoms with Gasteiger partial charge in [-0.05, 0) is 31.4 Å².